The van der Waals surface area contributed by atoms with Gasteiger partial charge >= 0.3 is 11.9 Å². The molecule has 0 aromatic rings. The van der Waals surface area contributed by atoms with Gasteiger partial charge in [-0.05, 0) is 31.1 Å². The van der Waals surface area contributed by atoms with Crippen LogP contribution < -0.4 is 26.6 Å². The van der Waals surface area contributed by atoms with Crippen molar-refractivity contribution in [2.75, 3.05) is 6.54 Å². The van der Waals surface area contributed by atoms with Crippen LogP contribution in [0.4, 0.5) is 0 Å². The number of nitrogens with one attached hydrogen (secondary N) is 5. The van der Waals surface area contributed by atoms with E-state index in [2.05, 4.69) is 26.6 Å². The van der Waals surface area contributed by atoms with Crippen molar-refractivity contribution in [2.24, 2.45) is 11.8 Å². The summed E-state index contributed by atoms with van der Waals surface area (Å²) in [5.41, 5.74) is 0. The van der Waals surface area contributed by atoms with Crippen LogP contribution in [0.3, 0.4) is 0 Å². The molecule has 1 rings (SSSR count). The van der Waals surface area contributed by atoms with Crippen molar-refractivity contribution in [3.05, 3.63) is 0 Å². The zero-order chi connectivity index (χ0) is 36.7. The minimum Gasteiger partial charge on any atom is -0.481 e. The highest BCUT2D eigenvalue weighted by Gasteiger charge is 2.41. The molecule has 0 bridgehead atoms. The maximum atomic E-state index is 13.8. The number of aliphatic carboxylic acids is 2. The van der Waals surface area contributed by atoms with E-state index in [1.54, 1.807) is 27.7 Å². The van der Waals surface area contributed by atoms with Crippen LogP contribution in [0.15, 0.2) is 0 Å². The molecule has 1 aliphatic heterocycles. The Morgan fingerprint density at radius 1 is 0.792 bits per heavy atom. The van der Waals surface area contributed by atoms with Crippen molar-refractivity contribution in [1.82, 2.24) is 31.5 Å². The lowest BCUT2D eigenvalue weighted by Gasteiger charge is -2.33. The van der Waals surface area contributed by atoms with Crippen molar-refractivity contribution >= 4 is 53.7 Å². The van der Waals surface area contributed by atoms with Crippen LogP contribution >= 0.6 is 0 Å². The van der Waals surface area contributed by atoms with Gasteiger partial charge in [0, 0.05) is 13.5 Å². The van der Waals surface area contributed by atoms with E-state index in [-0.39, 0.29) is 6.54 Å². The van der Waals surface area contributed by atoms with Gasteiger partial charge in [-0.25, -0.2) is 0 Å². The molecule has 48 heavy (non-hydrogen) atoms. The molecule has 1 saturated heterocycles. The lowest BCUT2D eigenvalue weighted by atomic mass is 9.95. The quantitative estimate of drug-likeness (QED) is 0.0772. The summed E-state index contributed by atoms with van der Waals surface area (Å²) in [5, 5.41) is 30.6. The average Bonchev–Trinajstić information content (AvgIpc) is 3.50. The molecule has 6 amide bonds. The Kier molecular flexibility index (Phi) is 17.2. The average molecular weight is 683 g/mol. The van der Waals surface area contributed by atoms with E-state index in [9.17, 15) is 48.3 Å². The third kappa shape index (κ3) is 12.9. The van der Waals surface area contributed by atoms with Crippen LogP contribution in [0, 0.1) is 11.8 Å². The molecule has 0 radical (unpaired) electrons. The van der Waals surface area contributed by atoms with Crippen LogP contribution in [-0.2, 0) is 43.2 Å². The molecule has 1 fully saturated rings. The van der Waals surface area contributed by atoms with Gasteiger partial charge in [0.05, 0.1) is 18.9 Å². The first-order valence-corrected chi connectivity index (χ1v) is 16.1. The SMILES string of the molecule is CCC[C@@H](C=O)NC(=O)[C@@H]1CCCN1C(=O)[C@@H](NC(=O)[C@@H](NC(=O)[C@@H](CC(=O)O)NC(=O)[C@H](CC(=O)O)NC(C)=O)[C@@H](C)CC)C(C)C. The second-order valence-electron chi connectivity index (χ2n) is 12.3. The molecule has 0 spiro atoms. The zero-order valence-electron chi connectivity index (χ0n) is 28.4. The van der Waals surface area contributed by atoms with E-state index in [1.165, 1.54) is 4.90 Å². The van der Waals surface area contributed by atoms with Crippen molar-refractivity contribution < 1.29 is 53.4 Å². The summed E-state index contributed by atoms with van der Waals surface area (Å²) in [4.78, 5) is 114. The van der Waals surface area contributed by atoms with E-state index in [4.69, 9.17) is 5.11 Å². The number of carbonyl (C=O) groups is 9. The molecule has 270 valence electrons. The predicted molar refractivity (Wildman–Crippen MR) is 170 cm³/mol. The fourth-order valence-corrected chi connectivity index (χ4v) is 5.24. The number of aldehydes is 1. The molecule has 0 saturated carbocycles. The number of carboxylic acid groups (broad SMARTS) is 2. The van der Waals surface area contributed by atoms with E-state index in [1.807, 2.05) is 6.92 Å². The van der Waals surface area contributed by atoms with Gasteiger partial charge in [-0.15, -0.1) is 0 Å². The van der Waals surface area contributed by atoms with E-state index < -0.39 is 108 Å². The molecule has 0 aromatic heterocycles. The third-order valence-electron chi connectivity index (χ3n) is 8.04. The molecule has 0 aliphatic carbocycles. The Hall–Kier alpha value is -4.57. The number of carboxylic acids is 2. The second kappa shape index (κ2) is 19.9. The van der Waals surface area contributed by atoms with Gasteiger partial charge in [0.1, 0.15) is 36.5 Å². The van der Waals surface area contributed by atoms with Crippen molar-refractivity contribution in [1.29, 1.82) is 0 Å². The number of likely N-dealkylation sites (tertiary alicyclic amines) is 1. The van der Waals surface area contributed by atoms with Crippen LogP contribution in [-0.4, -0.2) is 112 Å². The normalized spacial score (nSPS) is 17.9. The number of nitrogens with zero attached hydrogens (tertiary/aromatic N) is 1. The van der Waals surface area contributed by atoms with Gasteiger partial charge in [0.2, 0.25) is 35.4 Å². The van der Waals surface area contributed by atoms with E-state index in [0.717, 1.165) is 6.92 Å². The summed E-state index contributed by atoms with van der Waals surface area (Å²) in [6.45, 7) is 9.92. The Morgan fingerprint density at radius 3 is 1.81 bits per heavy atom. The number of hydrogen-bond acceptors (Lipinski definition) is 9. The Morgan fingerprint density at radius 2 is 1.33 bits per heavy atom. The fourth-order valence-electron chi connectivity index (χ4n) is 5.24. The first kappa shape index (κ1) is 41.5. The highest BCUT2D eigenvalue weighted by Crippen LogP contribution is 2.21. The monoisotopic (exact) mass is 682 g/mol. The van der Waals surface area contributed by atoms with Crippen LogP contribution in [0.2, 0.25) is 0 Å². The van der Waals surface area contributed by atoms with Gasteiger partial charge in [0.15, 0.2) is 0 Å². The fraction of sp³-hybridized carbons (Fsp3) is 0.710. The number of hydrogen-bond donors (Lipinski definition) is 7. The van der Waals surface area contributed by atoms with Crippen molar-refractivity contribution in [3.63, 3.8) is 0 Å². The molecule has 1 heterocycles. The maximum absolute atomic E-state index is 13.8. The molecule has 0 unspecified atom stereocenters. The van der Waals surface area contributed by atoms with Gasteiger partial charge in [-0.3, -0.25) is 38.4 Å². The lowest BCUT2D eigenvalue weighted by molar-refractivity contribution is -0.144. The van der Waals surface area contributed by atoms with E-state index in [0.29, 0.717) is 38.4 Å². The van der Waals surface area contributed by atoms with Crippen molar-refractivity contribution in [3.8, 4) is 0 Å². The maximum Gasteiger partial charge on any atom is 0.305 e. The number of rotatable bonds is 20. The Bertz CT molecular complexity index is 1190. The molecule has 17 heteroatoms. The van der Waals surface area contributed by atoms with Gasteiger partial charge in [0.25, 0.3) is 0 Å². The smallest absolute Gasteiger partial charge is 0.305 e. The summed E-state index contributed by atoms with van der Waals surface area (Å²) in [7, 11) is 0. The summed E-state index contributed by atoms with van der Waals surface area (Å²) < 4.78 is 0. The Balaban J connectivity index is 3.22. The topological polar surface area (TPSA) is 257 Å². The van der Waals surface area contributed by atoms with Crippen LogP contribution in [0.5, 0.6) is 0 Å². The van der Waals surface area contributed by atoms with Crippen LogP contribution in [0.25, 0.3) is 0 Å². The predicted octanol–water partition coefficient (Wildman–Crippen LogP) is -0.928. The van der Waals surface area contributed by atoms with Crippen LogP contribution in [0.1, 0.15) is 86.5 Å². The molecule has 7 atom stereocenters. The third-order valence-corrected chi connectivity index (χ3v) is 8.04. The summed E-state index contributed by atoms with van der Waals surface area (Å²) >= 11 is 0. The Labute approximate surface area is 279 Å². The van der Waals surface area contributed by atoms with E-state index >= 15 is 0 Å². The molecule has 7 N–H and O–H groups in total. The summed E-state index contributed by atoms with van der Waals surface area (Å²) in [6, 6.07) is -7.31. The molecule has 1 aliphatic rings. The highest BCUT2D eigenvalue weighted by atomic mass is 16.4. The summed E-state index contributed by atoms with van der Waals surface area (Å²) in [6.07, 6.45) is 1.24. The van der Waals surface area contributed by atoms with Crippen molar-refractivity contribution in [2.45, 2.75) is 123 Å². The van der Waals surface area contributed by atoms with Gasteiger partial charge in [-0.2, -0.15) is 0 Å². The minimum absolute atomic E-state index is 0.249. The zero-order valence-corrected chi connectivity index (χ0v) is 28.4. The molecule has 17 nitrogen and oxygen atoms in total. The number of amides is 6. The lowest BCUT2D eigenvalue weighted by Crippen LogP contribution is -2.61. The second-order valence-corrected chi connectivity index (χ2v) is 12.3. The van der Waals surface area contributed by atoms with Gasteiger partial charge < -0.3 is 46.5 Å². The first-order valence-electron chi connectivity index (χ1n) is 16.1. The molecular weight excluding hydrogens is 632 g/mol. The highest BCUT2D eigenvalue weighted by molar-refractivity contribution is 5.98. The summed E-state index contributed by atoms with van der Waals surface area (Å²) in [5.74, 6) is -8.61. The molecular formula is C31H50N6O11. The van der Waals surface area contributed by atoms with Gasteiger partial charge in [-0.1, -0.05) is 47.5 Å². The minimum atomic E-state index is -1.76. The standard InChI is InChI=1S/C31H50N6O11/c1-7-10-19(15-38)33-29(46)22-11-9-12-37(22)31(48)25(16(3)4)35-30(47)26(17(5)8-2)36-28(45)21(14-24(42)43)34-27(44)20(13-23(40)41)32-18(6)39/h15-17,19-22,25-26H,7-14H2,1-6H3,(H,32,39)(H,33,46)(H,34,44)(H,35,47)(H,36,45)(H,40,41)(H,42,43)/t17-,19-,20-,21+,22-,25-,26-/m0/s1. The first-order chi connectivity index (χ1) is 22.5. The molecule has 0 aromatic carbocycles. The largest absolute Gasteiger partial charge is 0.481 e. The number of carbonyl (C=O) groups excluding carboxylic acids is 7.